The number of ketones is 1. The highest BCUT2D eigenvalue weighted by Gasteiger charge is 2.45. The number of likely N-dealkylation sites (N-methyl/N-ethyl adjacent to an activating group) is 1. The number of nitrogens with zero attached hydrogens (tertiary/aromatic N) is 1. The predicted molar refractivity (Wildman–Crippen MR) is 76.3 cm³/mol. The minimum absolute atomic E-state index is 0.140. The first-order valence-electron chi connectivity index (χ1n) is 7.09. The van der Waals surface area contributed by atoms with Crippen LogP contribution in [-0.2, 0) is 4.79 Å². The number of hydrogen-bond acceptors (Lipinski definition) is 3. The molecule has 0 aromatic carbocycles. The van der Waals surface area contributed by atoms with Crippen LogP contribution in [0, 0.1) is 0 Å². The molecule has 6 nitrogen and oxygen atoms in total. The lowest BCUT2D eigenvalue weighted by atomic mass is 9.80. The van der Waals surface area contributed by atoms with Crippen LogP contribution < -0.4 is 0 Å². The number of rotatable bonds is 4. The van der Waals surface area contributed by atoms with Gasteiger partial charge in [-0.2, -0.15) is 0 Å². The third kappa shape index (κ3) is 2.70. The van der Waals surface area contributed by atoms with Gasteiger partial charge in [0.05, 0.1) is 0 Å². The van der Waals surface area contributed by atoms with E-state index in [0.29, 0.717) is 18.4 Å². The zero-order valence-electron chi connectivity index (χ0n) is 12.3. The molecule has 114 valence electrons. The number of carbonyl (C=O) groups is 3. The Bertz CT molecular complexity index is 570. The molecular weight excluding hydrogens is 272 g/mol. The second-order valence-corrected chi connectivity index (χ2v) is 5.62. The first-order chi connectivity index (χ1) is 9.88. The van der Waals surface area contributed by atoms with Gasteiger partial charge in [-0.05, 0) is 25.8 Å². The molecule has 0 aliphatic heterocycles. The fourth-order valence-corrected chi connectivity index (χ4v) is 2.93. The van der Waals surface area contributed by atoms with Crippen molar-refractivity contribution >= 4 is 17.7 Å². The molecule has 1 heterocycles. The number of amides is 1. The minimum atomic E-state index is -1.14. The SMILES string of the molecule is CC(=O)c1c[nH]c(C(=O)N(C)C2(C(=O)O)CCCCC2)c1. The molecule has 0 saturated heterocycles. The summed E-state index contributed by atoms with van der Waals surface area (Å²) < 4.78 is 0. The number of carboxylic acid groups (broad SMARTS) is 1. The van der Waals surface area contributed by atoms with Gasteiger partial charge in [0, 0.05) is 18.8 Å². The molecule has 0 radical (unpaired) electrons. The van der Waals surface area contributed by atoms with E-state index in [1.165, 1.54) is 31.1 Å². The molecule has 1 amide bonds. The van der Waals surface area contributed by atoms with Crippen LogP contribution in [0.1, 0.15) is 59.9 Å². The van der Waals surface area contributed by atoms with Crippen molar-refractivity contribution in [2.24, 2.45) is 0 Å². The van der Waals surface area contributed by atoms with Gasteiger partial charge in [0.15, 0.2) is 5.78 Å². The van der Waals surface area contributed by atoms with Crippen molar-refractivity contribution in [2.45, 2.75) is 44.6 Å². The van der Waals surface area contributed by atoms with Gasteiger partial charge in [0.1, 0.15) is 11.2 Å². The molecule has 2 N–H and O–H groups in total. The van der Waals surface area contributed by atoms with E-state index in [0.717, 1.165) is 19.3 Å². The summed E-state index contributed by atoms with van der Waals surface area (Å²) in [6.45, 7) is 1.42. The van der Waals surface area contributed by atoms with Crippen LogP contribution in [-0.4, -0.2) is 45.2 Å². The highest BCUT2D eigenvalue weighted by molar-refractivity contribution is 6.00. The summed E-state index contributed by atoms with van der Waals surface area (Å²) >= 11 is 0. The van der Waals surface area contributed by atoms with E-state index in [1.54, 1.807) is 0 Å². The number of carbonyl (C=O) groups excluding carboxylic acids is 2. The summed E-state index contributed by atoms with van der Waals surface area (Å²) in [5.41, 5.74) is -0.481. The van der Waals surface area contributed by atoms with Crippen LogP contribution in [0.3, 0.4) is 0 Å². The second kappa shape index (κ2) is 5.71. The first kappa shape index (κ1) is 15.3. The normalized spacial score (nSPS) is 17.2. The molecule has 0 spiro atoms. The quantitative estimate of drug-likeness (QED) is 0.831. The third-order valence-electron chi connectivity index (χ3n) is 4.35. The van der Waals surface area contributed by atoms with Crippen LogP contribution in [0.25, 0.3) is 0 Å². The highest BCUT2D eigenvalue weighted by atomic mass is 16.4. The Morgan fingerprint density at radius 2 is 1.86 bits per heavy atom. The number of H-pyrrole nitrogens is 1. The molecule has 0 atom stereocenters. The van der Waals surface area contributed by atoms with Crippen LogP contribution in [0.4, 0.5) is 0 Å². The van der Waals surface area contributed by atoms with Crippen molar-refractivity contribution in [1.29, 1.82) is 0 Å². The van der Waals surface area contributed by atoms with Crippen molar-refractivity contribution in [2.75, 3.05) is 7.05 Å². The van der Waals surface area contributed by atoms with Gasteiger partial charge in [0.25, 0.3) is 5.91 Å². The van der Waals surface area contributed by atoms with Crippen LogP contribution in [0.5, 0.6) is 0 Å². The van der Waals surface area contributed by atoms with E-state index >= 15 is 0 Å². The van der Waals surface area contributed by atoms with Gasteiger partial charge in [-0.3, -0.25) is 9.59 Å². The van der Waals surface area contributed by atoms with Gasteiger partial charge in [-0.1, -0.05) is 19.3 Å². The number of Topliss-reactive ketones (excluding diaryl/α,β-unsaturated/α-hetero) is 1. The molecule has 1 aromatic rings. The molecule has 0 unspecified atom stereocenters. The van der Waals surface area contributed by atoms with E-state index in [-0.39, 0.29) is 11.5 Å². The Labute approximate surface area is 123 Å². The van der Waals surface area contributed by atoms with Gasteiger partial charge in [-0.25, -0.2) is 4.79 Å². The maximum atomic E-state index is 12.5. The van der Waals surface area contributed by atoms with E-state index in [2.05, 4.69) is 4.98 Å². The monoisotopic (exact) mass is 292 g/mol. The van der Waals surface area contributed by atoms with Crippen LogP contribution >= 0.6 is 0 Å². The van der Waals surface area contributed by atoms with Crippen molar-refractivity contribution in [3.63, 3.8) is 0 Å². The Morgan fingerprint density at radius 1 is 1.24 bits per heavy atom. The molecule has 21 heavy (non-hydrogen) atoms. The molecule has 1 fully saturated rings. The summed E-state index contributed by atoms with van der Waals surface area (Å²) in [5.74, 6) is -1.50. The van der Waals surface area contributed by atoms with Crippen molar-refractivity contribution in [1.82, 2.24) is 9.88 Å². The second-order valence-electron chi connectivity index (χ2n) is 5.62. The summed E-state index contributed by atoms with van der Waals surface area (Å²) in [5, 5.41) is 9.59. The molecule has 1 aromatic heterocycles. The smallest absolute Gasteiger partial charge is 0.329 e. The van der Waals surface area contributed by atoms with Crippen molar-refractivity contribution in [3.8, 4) is 0 Å². The van der Waals surface area contributed by atoms with Gasteiger partial charge < -0.3 is 15.0 Å². The Morgan fingerprint density at radius 3 is 2.33 bits per heavy atom. The molecule has 0 bridgehead atoms. The first-order valence-corrected chi connectivity index (χ1v) is 7.09. The van der Waals surface area contributed by atoms with Crippen molar-refractivity contribution < 1.29 is 19.5 Å². The number of aliphatic carboxylic acids is 1. The maximum absolute atomic E-state index is 12.5. The highest BCUT2D eigenvalue weighted by Crippen LogP contribution is 2.34. The van der Waals surface area contributed by atoms with E-state index in [4.69, 9.17) is 0 Å². The molecule has 6 heteroatoms. The van der Waals surface area contributed by atoms with Crippen LogP contribution in [0.2, 0.25) is 0 Å². The van der Waals surface area contributed by atoms with Crippen LogP contribution in [0.15, 0.2) is 12.3 Å². The fraction of sp³-hybridized carbons (Fsp3) is 0.533. The number of hydrogen-bond donors (Lipinski definition) is 2. The van der Waals surface area contributed by atoms with Gasteiger partial charge in [0.2, 0.25) is 0 Å². The number of nitrogens with one attached hydrogen (secondary N) is 1. The standard InChI is InChI=1S/C15H20N2O4/c1-10(18)11-8-12(16-9-11)13(19)17(2)15(14(20)21)6-4-3-5-7-15/h8-9,16H,3-7H2,1-2H3,(H,20,21). The maximum Gasteiger partial charge on any atom is 0.329 e. The average Bonchev–Trinajstić information content (AvgIpc) is 2.96. The van der Waals surface area contributed by atoms with E-state index in [9.17, 15) is 19.5 Å². The van der Waals surface area contributed by atoms with E-state index < -0.39 is 17.4 Å². The Kier molecular flexibility index (Phi) is 4.16. The number of aromatic amines is 1. The lowest BCUT2D eigenvalue weighted by molar-refractivity contribution is -0.151. The van der Waals surface area contributed by atoms with Gasteiger partial charge in [-0.15, -0.1) is 0 Å². The zero-order chi connectivity index (χ0) is 15.6. The average molecular weight is 292 g/mol. The predicted octanol–water partition coefficient (Wildman–Crippen LogP) is 2.08. The summed E-state index contributed by atoms with van der Waals surface area (Å²) in [4.78, 5) is 39.6. The molecule has 1 saturated carbocycles. The van der Waals surface area contributed by atoms with Crippen molar-refractivity contribution in [3.05, 3.63) is 23.5 Å². The lowest BCUT2D eigenvalue weighted by Crippen LogP contribution is -2.56. The number of aromatic nitrogens is 1. The lowest BCUT2D eigenvalue weighted by Gasteiger charge is -2.40. The molecular formula is C15H20N2O4. The molecule has 1 aliphatic carbocycles. The topological polar surface area (TPSA) is 90.5 Å². The molecule has 2 rings (SSSR count). The Balaban J connectivity index is 2.27. The van der Waals surface area contributed by atoms with E-state index in [1.807, 2.05) is 0 Å². The minimum Gasteiger partial charge on any atom is -0.479 e. The largest absolute Gasteiger partial charge is 0.479 e. The Hall–Kier alpha value is -2.11. The number of carboxylic acids is 1. The van der Waals surface area contributed by atoms with Gasteiger partial charge >= 0.3 is 5.97 Å². The zero-order valence-corrected chi connectivity index (χ0v) is 12.3. The summed E-state index contributed by atoms with van der Waals surface area (Å²) in [6.07, 6.45) is 4.99. The fourth-order valence-electron chi connectivity index (χ4n) is 2.93. The summed E-state index contributed by atoms with van der Waals surface area (Å²) in [6, 6.07) is 1.47. The summed E-state index contributed by atoms with van der Waals surface area (Å²) in [7, 11) is 1.52. The molecule has 1 aliphatic rings. The third-order valence-corrected chi connectivity index (χ3v) is 4.35.